The molecule has 1 amide bonds. The van der Waals surface area contributed by atoms with E-state index < -0.39 is 5.97 Å². The number of carboxylic acids is 1. The van der Waals surface area contributed by atoms with Crippen LogP contribution in [0.4, 0.5) is 10.1 Å². The lowest BCUT2D eigenvalue weighted by Crippen LogP contribution is -2.34. The van der Waals surface area contributed by atoms with Crippen molar-refractivity contribution in [2.75, 3.05) is 4.90 Å². The van der Waals surface area contributed by atoms with Gasteiger partial charge in [0.1, 0.15) is 11.6 Å². The minimum absolute atomic E-state index is 0.0950. The largest absolute Gasteiger partial charge is 0.475 e. The zero-order valence-electron chi connectivity index (χ0n) is 11.0. The van der Waals surface area contributed by atoms with Crippen LogP contribution in [0.1, 0.15) is 28.3 Å². The highest BCUT2D eigenvalue weighted by Gasteiger charge is 2.25. The summed E-state index contributed by atoms with van der Waals surface area (Å²) in [7, 11) is 0. The van der Waals surface area contributed by atoms with Crippen LogP contribution in [0.2, 0.25) is 0 Å². The highest BCUT2D eigenvalue weighted by molar-refractivity contribution is 5.96. The Morgan fingerprint density at radius 3 is 2.81 bits per heavy atom. The average Bonchev–Trinajstić information content (AvgIpc) is 2.91. The molecule has 1 aromatic heterocycles. The van der Waals surface area contributed by atoms with E-state index in [1.807, 2.05) is 0 Å². The molecule has 0 aliphatic carbocycles. The van der Waals surface area contributed by atoms with E-state index in [-0.39, 0.29) is 24.0 Å². The first-order valence-corrected chi connectivity index (χ1v) is 6.45. The molecule has 3 rings (SSSR count). The van der Waals surface area contributed by atoms with Crippen LogP contribution in [0, 0.1) is 5.82 Å². The van der Waals surface area contributed by atoms with E-state index >= 15 is 0 Å². The van der Waals surface area contributed by atoms with Crippen LogP contribution in [0.5, 0.6) is 0 Å². The monoisotopic (exact) mass is 289 g/mol. The summed E-state index contributed by atoms with van der Waals surface area (Å²) in [6.45, 7) is 0.130. The van der Waals surface area contributed by atoms with Gasteiger partial charge in [0.15, 0.2) is 0 Å². The highest BCUT2D eigenvalue weighted by atomic mass is 19.1. The number of carbonyl (C=O) groups is 2. The third kappa shape index (κ3) is 2.52. The van der Waals surface area contributed by atoms with Crippen LogP contribution in [0.15, 0.2) is 34.7 Å². The average molecular weight is 289 g/mol. The molecule has 0 bridgehead atoms. The second-order valence-electron chi connectivity index (χ2n) is 4.82. The quantitative estimate of drug-likeness (QED) is 0.942. The van der Waals surface area contributed by atoms with Crippen LogP contribution in [-0.2, 0) is 17.8 Å². The lowest BCUT2D eigenvalue weighted by atomic mass is 10.0. The Labute approximate surface area is 119 Å². The number of carbonyl (C=O) groups excluding carboxylic acids is 1. The zero-order valence-corrected chi connectivity index (χ0v) is 11.0. The molecule has 0 fully saturated rings. The van der Waals surface area contributed by atoms with Crippen molar-refractivity contribution >= 4 is 17.6 Å². The first-order valence-electron chi connectivity index (χ1n) is 6.45. The number of fused-ring (bicyclic) bond motifs is 1. The molecule has 2 aromatic rings. The summed E-state index contributed by atoms with van der Waals surface area (Å²) >= 11 is 0. The summed E-state index contributed by atoms with van der Waals surface area (Å²) in [5, 5.41) is 8.83. The van der Waals surface area contributed by atoms with Gasteiger partial charge in [-0.15, -0.1) is 0 Å². The van der Waals surface area contributed by atoms with Crippen molar-refractivity contribution in [2.45, 2.75) is 19.4 Å². The second-order valence-corrected chi connectivity index (χ2v) is 4.82. The molecule has 1 N–H and O–H groups in total. The van der Waals surface area contributed by atoms with Crippen LogP contribution >= 0.6 is 0 Å². The van der Waals surface area contributed by atoms with E-state index in [1.54, 1.807) is 6.07 Å². The predicted octanol–water partition coefficient (Wildman–Crippen LogP) is 2.60. The van der Waals surface area contributed by atoms with Crippen molar-refractivity contribution in [3.63, 3.8) is 0 Å². The van der Waals surface area contributed by atoms with Gasteiger partial charge in [0, 0.05) is 12.1 Å². The minimum atomic E-state index is -1.16. The molecule has 1 aromatic carbocycles. The van der Waals surface area contributed by atoms with E-state index in [0.717, 1.165) is 5.56 Å². The number of hydrogen-bond donors (Lipinski definition) is 1. The molecule has 2 heterocycles. The van der Waals surface area contributed by atoms with Crippen molar-refractivity contribution in [3.8, 4) is 0 Å². The standard InChI is InChI=1S/C15H12FNO4/c16-10-2-4-12-9(7-10)1-6-14(18)17(12)8-11-3-5-13(21-11)15(19)20/h2-5,7H,1,6,8H2,(H,19,20). The molecule has 108 valence electrons. The number of aromatic carboxylic acids is 1. The molecule has 0 unspecified atom stereocenters. The predicted molar refractivity (Wildman–Crippen MR) is 71.6 cm³/mol. The number of rotatable bonds is 3. The number of carboxylic acid groups (broad SMARTS) is 1. The maximum absolute atomic E-state index is 13.3. The van der Waals surface area contributed by atoms with Gasteiger partial charge in [0.2, 0.25) is 11.7 Å². The summed E-state index contributed by atoms with van der Waals surface area (Å²) in [5.41, 5.74) is 1.40. The summed E-state index contributed by atoms with van der Waals surface area (Å²) in [6.07, 6.45) is 0.796. The fourth-order valence-corrected chi connectivity index (χ4v) is 2.44. The van der Waals surface area contributed by atoms with Gasteiger partial charge in [-0.2, -0.15) is 0 Å². The number of benzene rings is 1. The normalized spacial score (nSPS) is 14.1. The minimum Gasteiger partial charge on any atom is -0.475 e. The van der Waals surface area contributed by atoms with Crippen molar-refractivity contribution in [1.82, 2.24) is 0 Å². The molecule has 5 nitrogen and oxygen atoms in total. The number of halogens is 1. The van der Waals surface area contributed by atoms with E-state index in [1.165, 1.54) is 29.2 Å². The molecule has 1 aliphatic rings. The number of nitrogens with zero attached hydrogens (tertiary/aromatic N) is 1. The summed E-state index contributed by atoms with van der Waals surface area (Å²) in [6, 6.07) is 7.14. The molecule has 1 aliphatic heterocycles. The van der Waals surface area contributed by atoms with E-state index in [9.17, 15) is 14.0 Å². The van der Waals surface area contributed by atoms with Gasteiger partial charge in [0.05, 0.1) is 6.54 Å². The summed E-state index contributed by atoms with van der Waals surface area (Å²) in [5.74, 6) is -1.39. The summed E-state index contributed by atoms with van der Waals surface area (Å²) < 4.78 is 18.4. The van der Waals surface area contributed by atoms with Crippen molar-refractivity contribution < 1.29 is 23.5 Å². The molecule has 0 saturated carbocycles. The van der Waals surface area contributed by atoms with Crippen LogP contribution in [0.25, 0.3) is 0 Å². The molecule has 0 atom stereocenters. The number of hydrogen-bond acceptors (Lipinski definition) is 3. The Hall–Kier alpha value is -2.63. The smallest absolute Gasteiger partial charge is 0.371 e. The SMILES string of the molecule is O=C(O)c1ccc(CN2C(=O)CCc3cc(F)ccc32)o1. The Morgan fingerprint density at radius 1 is 1.29 bits per heavy atom. The van der Waals surface area contributed by atoms with Crippen molar-refractivity contribution in [1.29, 1.82) is 0 Å². The zero-order chi connectivity index (χ0) is 15.0. The Bertz CT molecular complexity index is 722. The molecular weight excluding hydrogens is 277 g/mol. The number of aryl methyl sites for hydroxylation is 1. The Balaban J connectivity index is 1.90. The van der Waals surface area contributed by atoms with Gasteiger partial charge in [-0.05, 0) is 42.3 Å². The van der Waals surface area contributed by atoms with Gasteiger partial charge in [-0.3, -0.25) is 4.79 Å². The van der Waals surface area contributed by atoms with Crippen LogP contribution in [0.3, 0.4) is 0 Å². The first-order chi connectivity index (χ1) is 10.0. The Kier molecular flexibility index (Phi) is 3.21. The lowest BCUT2D eigenvalue weighted by Gasteiger charge is -2.28. The molecule has 21 heavy (non-hydrogen) atoms. The maximum atomic E-state index is 13.3. The first kappa shape index (κ1) is 13.4. The third-order valence-corrected chi connectivity index (χ3v) is 3.43. The van der Waals surface area contributed by atoms with E-state index in [2.05, 4.69) is 0 Å². The van der Waals surface area contributed by atoms with Gasteiger partial charge >= 0.3 is 5.97 Å². The maximum Gasteiger partial charge on any atom is 0.371 e. The number of anilines is 1. The summed E-state index contributed by atoms with van der Waals surface area (Å²) in [4.78, 5) is 24.3. The van der Waals surface area contributed by atoms with Crippen LogP contribution in [-0.4, -0.2) is 17.0 Å². The molecule has 0 spiro atoms. The Morgan fingerprint density at radius 2 is 2.10 bits per heavy atom. The van der Waals surface area contributed by atoms with Gasteiger partial charge in [-0.1, -0.05) is 0 Å². The fourth-order valence-electron chi connectivity index (χ4n) is 2.44. The fraction of sp³-hybridized carbons (Fsp3) is 0.200. The lowest BCUT2D eigenvalue weighted by molar-refractivity contribution is -0.119. The molecular formula is C15H12FNO4. The second kappa shape index (κ2) is 5.05. The number of amides is 1. The third-order valence-electron chi connectivity index (χ3n) is 3.43. The molecule has 0 saturated heterocycles. The van der Waals surface area contributed by atoms with Gasteiger partial charge in [-0.25, -0.2) is 9.18 Å². The molecule has 6 heteroatoms. The topological polar surface area (TPSA) is 70.8 Å². The van der Waals surface area contributed by atoms with Gasteiger partial charge in [0.25, 0.3) is 0 Å². The van der Waals surface area contributed by atoms with Crippen LogP contribution < -0.4 is 4.90 Å². The molecule has 0 radical (unpaired) electrons. The van der Waals surface area contributed by atoms with Crippen molar-refractivity contribution in [2.24, 2.45) is 0 Å². The highest BCUT2D eigenvalue weighted by Crippen LogP contribution is 2.30. The van der Waals surface area contributed by atoms with Crippen molar-refractivity contribution in [3.05, 3.63) is 53.2 Å². The van der Waals surface area contributed by atoms with E-state index in [0.29, 0.717) is 24.3 Å². The number of furan rings is 1. The van der Waals surface area contributed by atoms with Gasteiger partial charge < -0.3 is 14.4 Å². The van der Waals surface area contributed by atoms with E-state index in [4.69, 9.17) is 9.52 Å².